The van der Waals surface area contributed by atoms with E-state index >= 15 is 0 Å². The molecular formula is C16H16ClNO3. The Hall–Kier alpha value is -2.20. The van der Waals surface area contributed by atoms with Crippen molar-refractivity contribution in [3.8, 4) is 11.5 Å². The lowest BCUT2D eigenvalue weighted by atomic mass is 10.1. The summed E-state index contributed by atoms with van der Waals surface area (Å²) in [6, 6.07) is 11.8. The van der Waals surface area contributed by atoms with Crippen molar-refractivity contribution >= 4 is 23.2 Å². The van der Waals surface area contributed by atoms with E-state index in [0.717, 1.165) is 5.56 Å². The first kappa shape index (κ1) is 15.2. The number of anilines is 1. The van der Waals surface area contributed by atoms with Crippen LogP contribution in [0.5, 0.6) is 11.5 Å². The van der Waals surface area contributed by atoms with Gasteiger partial charge in [-0.1, -0.05) is 18.2 Å². The first-order valence-electron chi connectivity index (χ1n) is 6.44. The summed E-state index contributed by atoms with van der Waals surface area (Å²) >= 11 is 6.09. The van der Waals surface area contributed by atoms with Crippen molar-refractivity contribution in [3.05, 3.63) is 53.6 Å². The molecule has 0 fully saturated rings. The third kappa shape index (κ3) is 3.47. The summed E-state index contributed by atoms with van der Waals surface area (Å²) < 4.78 is 4.95. The van der Waals surface area contributed by atoms with Crippen LogP contribution in [-0.2, 0) is 0 Å². The van der Waals surface area contributed by atoms with E-state index in [2.05, 4.69) is 5.32 Å². The van der Waals surface area contributed by atoms with E-state index in [1.54, 1.807) is 18.2 Å². The van der Waals surface area contributed by atoms with Crippen molar-refractivity contribution in [1.29, 1.82) is 0 Å². The van der Waals surface area contributed by atoms with Gasteiger partial charge >= 0.3 is 0 Å². The first-order chi connectivity index (χ1) is 10.0. The number of alkyl halides is 1. The lowest BCUT2D eigenvalue weighted by Gasteiger charge is -2.13. The molecule has 1 atom stereocenters. The molecule has 0 aliphatic heterocycles. The zero-order chi connectivity index (χ0) is 15.4. The van der Waals surface area contributed by atoms with E-state index in [1.165, 1.54) is 13.2 Å². The average Bonchev–Trinajstić information content (AvgIpc) is 2.47. The molecule has 0 saturated carbocycles. The summed E-state index contributed by atoms with van der Waals surface area (Å²) in [5.41, 5.74) is 1.83. The number of hydrogen-bond donors (Lipinski definition) is 2. The SMILES string of the molecule is COc1ccc(C(=O)Nc2ccccc2C(C)Cl)cc1O. The summed E-state index contributed by atoms with van der Waals surface area (Å²) in [7, 11) is 1.45. The summed E-state index contributed by atoms with van der Waals surface area (Å²) in [5.74, 6) is -0.0804. The monoisotopic (exact) mass is 305 g/mol. The van der Waals surface area contributed by atoms with Crippen LogP contribution in [0.2, 0.25) is 0 Å². The molecule has 4 nitrogen and oxygen atoms in total. The van der Waals surface area contributed by atoms with Gasteiger partial charge in [-0.2, -0.15) is 0 Å². The molecule has 0 bridgehead atoms. The van der Waals surface area contributed by atoms with Gasteiger partial charge in [0.15, 0.2) is 11.5 Å². The topological polar surface area (TPSA) is 58.6 Å². The molecule has 2 aromatic carbocycles. The second-order valence-corrected chi connectivity index (χ2v) is 5.20. The lowest BCUT2D eigenvalue weighted by molar-refractivity contribution is 0.102. The molecule has 110 valence electrons. The minimum atomic E-state index is -0.322. The summed E-state index contributed by atoms with van der Waals surface area (Å²) in [6.45, 7) is 1.84. The van der Waals surface area contributed by atoms with Gasteiger partial charge in [0.1, 0.15) is 0 Å². The number of nitrogens with one attached hydrogen (secondary N) is 1. The highest BCUT2D eigenvalue weighted by molar-refractivity contribution is 6.21. The maximum absolute atomic E-state index is 12.2. The summed E-state index contributed by atoms with van der Waals surface area (Å²) in [6.07, 6.45) is 0. The molecule has 0 aromatic heterocycles. The van der Waals surface area contributed by atoms with Crippen LogP contribution in [-0.4, -0.2) is 18.1 Å². The Balaban J connectivity index is 2.24. The Morgan fingerprint density at radius 3 is 2.62 bits per heavy atom. The van der Waals surface area contributed by atoms with Gasteiger partial charge in [-0.05, 0) is 36.8 Å². The molecule has 2 N–H and O–H groups in total. The van der Waals surface area contributed by atoms with Gasteiger partial charge in [0.25, 0.3) is 5.91 Å². The fourth-order valence-electron chi connectivity index (χ4n) is 1.98. The Labute approximate surface area is 128 Å². The molecule has 0 saturated heterocycles. The number of para-hydroxylation sites is 1. The predicted molar refractivity (Wildman–Crippen MR) is 83.3 cm³/mol. The Bertz CT molecular complexity index is 656. The lowest BCUT2D eigenvalue weighted by Crippen LogP contribution is -2.13. The van der Waals surface area contributed by atoms with Crippen molar-refractivity contribution in [1.82, 2.24) is 0 Å². The standard InChI is InChI=1S/C16H16ClNO3/c1-10(17)12-5-3-4-6-13(12)18-16(20)11-7-8-15(21-2)14(19)9-11/h3-10,19H,1-2H3,(H,18,20). The van der Waals surface area contributed by atoms with Gasteiger partial charge in [-0.25, -0.2) is 0 Å². The van der Waals surface area contributed by atoms with Crippen LogP contribution in [0.3, 0.4) is 0 Å². The number of methoxy groups -OCH3 is 1. The van der Waals surface area contributed by atoms with Gasteiger partial charge in [0.05, 0.1) is 12.5 Å². The number of hydrogen-bond acceptors (Lipinski definition) is 3. The van der Waals surface area contributed by atoms with Crippen LogP contribution in [0.25, 0.3) is 0 Å². The van der Waals surface area contributed by atoms with Crippen molar-refractivity contribution in [2.75, 3.05) is 12.4 Å². The predicted octanol–water partition coefficient (Wildman–Crippen LogP) is 3.95. The van der Waals surface area contributed by atoms with E-state index in [0.29, 0.717) is 17.0 Å². The summed E-state index contributed by atoms with van der Waals surface area (Å²) in [5, 5.41) is 12.3. The van der Waals surface area contributed by atoms with E-state index in [9.17, 15) is 9.90 Å². The minimum Gasteiger partial charge on any atom is -0.504 e. The highest BCUT2D eigenvalue weighted by Crippen LogP contribution is 2.29. The van der Waals surface area contributed by atoms with Crippen molar-refractivity contribution in [2.45, 2.75) is 12.3 Å². The third-order valence-corrected chi connectivity index (χ3v) is 3.31. The van der Waals surface area contributed by atoms with Crippen molar-refractivity contribution in [3.63, 3.8) is 0 Å². The molecule has 0 spiro atoms. The number of amides is 1. The second kappa shape index (κ2) is 6.50. The van der Waals surface area contributed by atoms with Crippen LogP contribution in [0, 0.1) is 0 Å². The maximum Gasteiger partial charge on any atom is 0.255 e. The third-order valence-electron chi connectivity index (χ3n) is 3.08. The molecule has 0 radical (unpaired) electrons. The fraction of sp³-hybridized carbons (Fsp3) is 0.188. The maximum atomic E-state index is 12.2. The average molecular weight is 306 g/mol. The smallest absolute Gasteiger partial charge is 0.255 e. The van der Waals surface area contributed by atoms with Crippen LogP contribution in [0.15, 0.2) is 42.5 Å². The number of halogens is 1. The largest absolute Gasteiger partial charge is 0.504 e. The van der Waals surface area contributed by atoms with Gasteiger partial charge in [-0.3, -0.25) is 4.79 Å². The van der Waals surface area contributed by atoms with E-state index in [4.69, 9.17) is 16.3 Å². The van der Waals surface area contributed by atoms with Crippen LogP contribution in [0.4, 0.5) is 5.69 Å². The number of phenolic OH excluding ortho intramolecular Hbond substituents is 1. The van der Waals surface area contributed by atoms with Crippen LogP contribution >= 0.6 is 11.6 Å². The highest BCUT2D eigenvalue weighted by atomic mass is 35.5. The van der Waals surface area contributed by atoms with Crippen molar-refractivity contribution in [2.24, 2.45) is 0 Å². The normalized spacial score (nSPS) is 11.8. The Kier molecular flexibility index (Phi) is 4.70. The fourth-order valence-corrected chi connectivity index (χ4v) is 2.17. The number of carbonyl (C=O) groups excluding carboxylic acids is 1. The van der Waals surface area contributed by atoms with Crippen LogP contribution < -0.4 is 10.1 Å². The van der Waals surface area contributed by atoms with E-state index < -0.39 is 0 Å². The zero-order valence-electron chi connectivity index (χ0n) is 11.8. The number of phenols is 1. The Morgan fingerprint density at radius 1 is 1.29 bits per heavy atom. The summed E-state index contributed by atoms with van der Waals surface area (Å²) in [4.78, 5) is 12.2. The second-order valence-electron chi connectivity index (χ2n) is 4.54. The number of carbonyl (C=O) groups is 1. The highest BCUT2D eigenvalue weighted by Gasteiger charge is 2.13. The van der Waals surface area contributed by atoms with Gasteiger partial charge < -0.3 is 15.2 Å². The molecule has 21 heavy (non-hydrogen) atoms. The molecule has 5 heteroatoms. The first-order valence-corrected chi connectivity index (χ1v) is 6.88. The quantitative estimate of drug-likeness (QED) is 0.841. The number of rotatable bonds is 4. The number of aromatic hydroxyl groups is 1. The molecule has 2 rings (SSSR count). The molecule has 1 amide bonds. The molecular weight excluding hydrogens is 290 g/mol. The van der Waals surface area contributed by atoms with Gasteiger partial charge in [0.2, 0.25) is 0 Å². The van der Waals surface area contributed by atoms with E-state index in [-0.39, 0.29) is 17.0 Å². The van der Waals surface area contributed by atoms with Crippen molar-refractivity contribution < 1.29 is 14.6 Å². The minimum absolute atomic E-state index is 0.0795. The zero-order valence-corrected chi connectivity index (χ0v) is 12.5. The number of ether oxygens (including phenoxy) is 1. The molecule has 0 aliphatic rings. The Morgan fingerprint density at radius 2 is 2.00 bits per heavy atom. The van der Waals surface area contributed by atoms with Crippen LogP contribution in [0.1, 0.15) is 28.2 Å². The van der Waals surface area contributed by atoms with Gasteiger partial charge in [-0.15, -0.1) is 11.6 Å². The number of benzene rings is 2. The van der Waals surface area contributed by atoms with Gasteiger partial charge in [0, 0.05) is 11.3 Å². The van der Waals surface area contributed by atoms with E-state index in [1.807, 2.05) is 25.1 Å². The molecule has 2 aromatic rings. The molecule has 0 aliphatic carbocycles. The molecule has 1 unspecified atom stereocenters. The molecule has 0 heterocycles.